The lowest BCUT2D eigenvalue weighted by molar-refractivity contribution is -0.119. The van der Waals surface area contributed by atoms with Gasteiger partial charge in [-0.25, -0.2) is 0 Å². The molecule has 2 amide bonds. The molecule has 0 aromatic carbocycles. The summed E-state index contributed by atoms with van der Waals surface area (Å²) < 4.78 is 5.50. The average Bonchev–Trinajstić information content (AvgIpc) is 2.74. The topological polar surface area (TPSA) is 76.5 Å². The number of carbonyl (C=O) groups excluding carboxylic acids is 2. The summed E-state index contributed by atoms with van der Waals surface area (Å²) in [5.74, 6) is -0.479. The van der Waals surface area contributed by atoms with E-state index in [0.717, 1.165) is 19.3 Å². The Morgan fingerprint density at radius 3 is 2.89 bits per heavy atom. The van der Waals surface area contributed by atoms with Crippen molar-refractivity contribution in [3.05, 3.63) is 22.6 Å². The van der Waals surface area contributed by atoms with Gasteiger partial charge in [0.2, 0.25) is 5.91 Å². The van der Waals surface area contributed by atoms with Gasteiger partial charge in [0.25, 0.3) is 5.91 Å². The van der Waals surface area contributed by atoms with Gasteiger partial charge in [-0.1, -0.05) is 0 Å². The summed E-state index contributed by atoms with van der Waals surface area (Å²) in [5, 5.41) is 0. The van der Waals surface area contributed by atoms with E-state index in [1.165, 1.54) is 6.26 Å². The van der Waals surface area contributed by atoms with Crippen molar-refractivity contribution in [1.29, 1.82) is 0 Å². The highest BCUT2D eigenvalue weighted by Crippen LogP contribution is 2.25. The minimum atomic E-state index is -0.369. The average molecular weight is 315 g/mol. The summed E-state index contributed by atoms with van der Waals surface area (Å²) in [4.78, 5) is 25.1. The molecular formula is C12H15BrN2O3. The van der Waals surface area contributed by atoms with Gasteiger partial charge in [0.15, 0.2) is 4.67 Å². The van der Waals surface area contributed by atoms with Crippen LogP contribution in [0.15, 0.2) is 21.4 Å². The first kappa shape index (κ1) is 13.1. The van der Waals surface area contributed by atoms with Crippen molar-refractivity contribution < 1.29 is 14.0 Å². The second-order valence-electron chi connectivity index (χ2n) is 4.43. The summed E-state index contributed by atoms with van der Waals surface area (Å²) in [6.45, 7) is 0.661. The minimum absolute atomic E-state index is 0.0921. The van der Waals surface area contributed by atoms with Crippen LogP contribution in [0.3, 0.4) is 0 Å². The van der Waals surface area contributed by atoms with E-state index in [9.17, 15) is 9.59 Å². The van der Waals surface area contributed by atoms with E-state index in [2.05, 4.69) is 15.9 Å². The quantitative estimate of drug-likeness (QED) is 0.925. The fourth-order valence-corrected chi connectivity index (χ4v) is 2.72. The van der Waals surface area contributed by atoms with Crippen molar-refractivity contribution in [2.24, 2.45) is 5.73 Å². The zero-order chi connectivity index (χ0) is 13.1. The Hall–Kier alpha value is -1.30. The molecule has 0 saturated carbocycles. The fraction of sp³-hybridized carbons (Fsp3) is 0.500. The lowest BCUT2D eigenvalue weighted by Gasteiger charge is -2.35. The molecule has 2 heterocycles. The predicted octanol–water partition coefficient (Wildman–Crippen LogP) is 1.91. The van der Waals surface area contributed by atoms with Crippen molar-refractivity contribution in [3.8, 4) is 0 Å². The van der Waals surface area contributed by atoms with Crippen LogP contribution in [0.25, 0.3) is 0 Å². The molecule has 98 valence electrons. The first-order valence-electron chi connectivity index (χ1n) is 5.92. The Morgan fingerprint density at radius 2 is 2.28 bits per heavy atom. The van der Waals surface area contributed by atoms with Gasteiger partial charge in [0.05, 0.1) is 11.8 Å². The molecule has 0 spiro atoms. The molecule has 5 nitrogen and oxygen atoms in total. The van der Waals surface area contributed by atoms with Gasteiger partial charge in [-0.05, 0) is 41.3 Å². The highest BCUT2D eigenvalue weighted by molar-refractivity contribution is 9.10. The van der Waals surface area contributed by atoms with Gasteiger partial charge >= 0.3 is 0 Å². The lowest BCUT2D eigenvalue weighted by atomic mass is 9.98. The van der Waals surface area contributed by atoms with Crippen LogP contribution < -0.4 is 5.73 Å². The van der Waals surface area contributed by atoms with E-state index in [1.54, 1.807) is 11.0 Å². The summed E-state index contributed by atoms with van der Waals surface area (Å²) >= 11 is 3.20. The number of nitrogens with zero attached hydrogens (tertiary/aromatic N) is 1. The molecule has 1 aromatic heterocycles. The maximum atomic E-state index is 12.4. The molecule has 1 saturated heterocycles. The van der Waals surface area contributed by atoms with E-state index in [4.69, 9.17) is 10.2 Å². The smallest absolute Gasteiger partial charge is 0.258 e. The SMILES string of the molecule is NC(=O)C[C@@H]1CCCCN1C(=O)c1ccoc1Br. The van der Waals surface area contributed by atoms with Crippen LogP contribution in [0.5, 0.6) is 0 Å². The normalized spacial score (nSPS) is 19.8. The van der Waals surface area contributed by atoms with Gasteiger partial charge in [0, 0.05) is 19.0 Å². The molecule has 0 radical (unpaired) electrons. The number of primary amides is 1. The van der Waals surface area contributed by atoms with Crippen molar-refractivity contribution in [2.75, 3.05) is 6.54 Å². The molecule has 1 aliphatic heterocycles. The molecule has 0 aliphatic carbocycles. The second-order valence-corrected chi connectivity index (χ2v) is 5.15. The number of likely N-dealkylation sites (tertiary alicyclic amines) is 1. The monoisotopic (exact) mass is 314 g/mol. The highest BCUT2D eigenvalue weighted by atomic mass is 79.9. The molecule has 1 atom stereocenters. The standard InChI is InChI=1S/C12H15BrN2O3/c13-11-9(4-6-18-11)12(17)15-5-2-1-3-8(15)7-10(14)16/h4,6,8H,1-3,5,7H2,(H2,14,16)/t8-/m0/s1. The number of halogens is 1. The van der Waals surface area contributed by atoms with E-state index < -0.39 is 0 Å². The maximum absolute atomic E-state index is 12.4. The van der Waals surface area contributed by atoms with Crippen LogP contribution >= 0.6 is 15.9 Å². The van der Waals surface area contributed by atoms with Gasteiger partial charge in [-0.2, -0.15) is 0 Å². The van der Waals surface area contributed by atoms with Crippen molar-refractivity contribution in [1.82, 2.24) is 4.90 Å². The first-order valence-corrected chi connectivity index (χ1v) is 6.71. The first-order chi connectivity index (χ1) is 8.59. The Morgan fingerprint density at radius 1 is 1.50 bits per heavy atom. The molecule has 1 aliphatic rings. The summed E-state index contributed by atoms with van der Waals surface area (Å²) in [7, 11) is 0. The van der Waals surface area contributed by atoms with Crippen LogP contribution in [-0.4, -0.2) is 29.3 Å². The second kappa shape index (κ2) is 5.56. The zero-order valence-electron chi connectivity index (χ0n) is 9.89. The number of piperidine rings is 1. The molecule has 2 rings (SSSR count). The summed E-state index contributed by atoms with van der Waals surface area (Å²) in [6.07, 6.45) is 4.49. The van der Waals surface area contributed by atoms with Gasteiger partial charge in [0.1, 0.15) is 0 Å². The van der Waals surface area contributed by atoms with Crippen molar-refractivity contribution in [2.45, 2.75) is 31.7 Å². The number of nitrogens with two attached hydrogens (primary N) is 1. The Balaban J connectivity index is 2.16. The molecule has 0 unspecified atom stereocenters. The molecule has 1 aromatic rings. The summed E-state index contributed by atoms with van der Waals surface area (Å²) in [5.41, 5.74) is 5.72. The molecule has 1 fully saturated rings. The summed E-state index contributed by atoms with van der Waals surface area (Å²) in [6, 6.07) is 1.54. The number of hydrogen-bond donors (Lipinski definition) is 1. The van der Waals surface area contributed by atoms with Crippen molar-refractivity contribution in [3.63, 3.8) is 0 Å². The van der Waals surface area contributed by atoms with Gasteiger partial charge in [-0.15, -0.1) is 0 Å². The molecular weight excluding hydrogens is 300 g/mol. The Bertz CT molecular complexity index is 458. The van der Waals surface area contributed by atoms with Gasteiger partial charge < -0.3 is 15.1 Å². The van der Waals surface area contributed by atoms with E-state index in [0.29, 0.717) is 16.8 Å². The predicted molar refractivity (Wildman–Crippen MR) is 68.9 cm³/mol. The zero-order valence-corrected chi connectivity index (χ0v) is 11.5. The molecule has 18 heavy (non-hydrogen) atoms. The molecule has 0 bridgehead atoms. The van der Waals surface area contributed by atoms with E-state index in [1.807, 2.05) is 0 Å². The van der Waals surface area contributed by atoms with Crippen LogP contribution in [-0.2, 0) is 4.79 Å². The number of furan rings is 1. The third kappa shape index (κ3) is 2.75. The Labute approximate surface area is 113 Å². The largest absolute Gasteiger partial charge is 0.457 e. The lowest BCUT2D eigenvalue weighted by Crippen LogP contribution is -2.45. The molecule has 6 heteroatoms. The third-order valence-electron chi connectivity index (χ3n) is 3.17. The van der Waals surface area contributed by atoms with Crippen molar-refractivity contribution >= 4 is 27.7 Å². The maximum Gasteiger partial charge on any atom is 0.258 e. The number of rotatable bonds is 3. The highest BCUT2D eigenvalue weighted by Gasteiger charge is 2.30. The molecule has 2 N–H and O–H groups in total. The number of carbonyl (C=O) groups is 2. The van der Waals surface area contributed by atoms with E-state index >= 15 is 0 Å². The number of amides is 2. The van der Waals surface area contributed by atoms with Crippen LogP contribution in [0.1, 0.15) is 36.0 Å². The van der Waals surface area contributed by atoms with Gasteiger partial charge in [-0.3, -0.25) is 9.59 Å². The number of hydrogen-bond acceptors (Lipinski definition) is 3. The minimum Gasteiger partial charge on any atom is -0.457 e. The van der Waals surface area contributed by atoms with Crippen LogP contribution in [0.4, 0.5) is 0 Å². The Kier molecular flexibility index (Phi) is 4.06. The van der Waals surface area contributed by atoms with Crippen LogP contribution in [0, 0.1) is 0 Å². The van der Waals surface area contributed by atoms with Crippen LogP contribution in [0.2, 0.25) is 0 Å². The fourth-order valence-electron chi connectivity index (χ4n) is 2.31. The van der Waals surface area contributed by atoms with E-state index in [-0.39, 0.29) is 24.3 Å². The third-order valence-corrected chi connectivity index (χ3v) is 3.79.